The molecule has 5 nitrogen and oxygen atoms in total. The van der Waals surface area contributed by atoms with Crippen LogP contribution in [0.5, 0.6) is 0 Å². The summed E-state index contributed by atoms with van der Waals surface area (Å²) in [7, 11) is 0. The molecular formula is C15H25BrN2O3. The van der Waals surface area contributed by atoms with E-state index in [2.05, 4.69) is 28.0 Å². The summed E-state index contributed by atoms with van der Waals surface area (Å²) in [5.41, 5.74) is 1.49. The van der Waals surface area contributed by atoms with Crippen molar-refractivity contribution in [2.45, 2.75) is 58.3 Å². The van der Waals surface area contributed by atoms with E-state index in [1.54, 1.807) is 0 Å². The number of aliphatic hydroxyl groups excluding tert-OH is 1. The molecule has 1 fully saturated rings. The van der Waals surface area contributed by atoms with E-state index in [0.29, 0.717) is 26.2 Å². The first-order valence-corrected chi connectivity index (χ1v) is 8.45. The summed E-state index contributed by atoms with van der Waals surface area (Å²) in [6, 6.07) is 0. The van der Waals surface area contributed by atoms with Crippen LogP contribution in [-0.4, -0.2) is 46.4 Å². The summed E-state index contributed by atoms with van der Waals surface area (Å²) in [5, 5.41) is 15.3. The number of rotatable bonds is 6. The minimum Gasteiger partial charge on any atom is -0.390 e. The van der Waals surface area contributed by atoms with Gasteiger partial charge in [-0.15, -0.1) is 0 Å². The molecule has 6 heteroatoms. The molecule has 1 aliphatic rings. The van der Waals surface area contributed by atoms with Gasteiger partial charge in [-0.2, -0.15) is 5.10 Å². The first-order valence-electron chi connectivity index (χ1n) is 7.65. The van der Waals surface area contributed by atoms with Crippen molar-refractivity contribution in [2.24, 2.45) is 0 Å². The minimum absolute atomic E-state index is 0.497. The number of ether oxygens (including phenoxy) is 2. The van der Waals surface area contributed by atoms with Crippen LogP contribution in [0, 0.1) is 6.92 Å². The monoisotopic (exact) mass is 360 g/mol. The summed E-state index contributed by atoms with van der Waals surface area (Å²) in [4.78, 5) is 0. The number of hydrogen-bond donors (Lipinski definition) is 1. The lowest BCUT2D eigenvalue weighted by molar-refractivity contribution is -0.165. The quantitative estimate of drug-likeness (QED) is 0.846. The molecule has 0 bridgehead atoms. The Morgan fingerprint density at radius 3 is 2.67 bits per heavy atom. The van der Waals surface area contributed by atoms with E-state index in [4.69, 9.17) is 9.47 Å². The van der Waals surface area contributed by atoms with Gasteiger partial charge in [0.2, 0.25) is 0 Å². The Balaban J connectivity index is 2.20. The Bertz CT molecular complexity index is 464. The van der Waals surface area contributed by atoms with Crippen LogP contribution in [0.4, 0.5) is 0 Å². The van der Waals surface area contributed by atoms with Gasteiger partial charge in [-0.05, 0) is 36.7 Å². The van der Waals surface area contributed by atoms with E-state index in [1.165, 1.54) is 0 Å². The number of nitrogens with zero attached hydrogens (tertiary/aromatic N) is 2. The molecule has 1 saturated heterocycles. The van der Waals surface area contributed by atoms with Gasteiger partial charge < -0.3 is 14.6 Å². The van der Waals surface area contributed by atoms with E-state index in [9.17, 15) is 5.11 Å². The van der Waals surface area contributed by atoms with Crippen LogP contribution in [0.15, 0.2) is 4.47 Å². The largest absolute Gasteiger partial charge is 0.390 e. The molecule has 120 valence electrons. The van der Waals surface area contributed by atoms with Crippen molar-refractivity contribution in [2.75, 3.05) is 19.8 Å². The summed E-state index contributed by atoms with van der Waals surface area (Å²) in [6.07, 6.45) is 1.45. The molecule has 1 N–H and O–H groups in total. The van der Waals surface area contributed by atoms with Crippen LogP contribution in [0.3, 0.4) is 0 Å². The molecule has 1 aromatic heterocycles. The highest BCUT2D eigenvalue weighted by Gasteiger charge is 2.41. The lowest BCUT2D eigenvalue weighted by Gasteiger charge is -2.40. The second-order valence-corrected chi connectivity index (χ2v) is 6.28. The van der Waals surface area contributed by atoms with Gasteiger partial charge in [-0.3, -0.25) is 4.68 Å². The normalized spacial score (nSPS) is 19.7. The summed E-state index contributed by atoms with van der Waals surface area (Å²) >= 11 is 3.59. The van der Waals surface area contributed by atoms with Crippen LogP contribution in [-0.2, 0) is 22.4 Å². The van der Waals surface area contributed by atoms with Gasteiger partial charge in [0.15, 0.2) is 0 Å². The van der Waals surface area contributed by atoms with Crippen molar-refractivity contribution in [3.63, 3.8) is 0 Å². The molecule has 0 aromatic carbocycles. The number of halogens is 1. The highest BCUT2D eigenvalue weighted by Crippen LogP contribution is 2.32. The van der Waals surface area contributed by atoms with Gasteiger partial charge in [-0.1, -0.05) is 0 Å². The zero-order valence-corrected chi connectivity index (χ0v) is 14.6. The molecule has 0 saturated carbocycles. The summed E-state index contributed by atoms with van der Waals surface area (Å²) in [6.45, 7) is 8.68. The molecule has 21 heavy (non-hydrogen) atoms. The standard InChI is InChI=1S/C15H25BrN2O3/c1-4-18-12(14(16)11(3)17-18)10-13(19)15(21-5-2)6-8-20-9-7-15/h13,19H,4-10H2,1-3H3. The van der Waals surface area contributed by atoms with Crippen LogP contribution >= 0.6 is 15.9 Å². The Morgan fingerprint density at radius 2 is 2.10 bits per heavy atom. The van der Waals surface area contributed by atoms with Crippen molar-refractivity contribution < 1.29 is 14.6 Å². The predicted octanol–water partition coefficient (Wildman–Crippen LogP) is 2.46. The van der Waals surface area contributed by atoms with Crippen LogP contribution in [0.2, 0.25) is 0 Å². The Morgan fingerprint density at radius 1 is 1.43 bits per heavy atom. The Kier molecular flexibility index (Phi) is 5.82. The highest BCUT2D eigenvalue weighted by molar-refractivity contribution is 9.10. The minimum atomic E-state index is -0.556. The summed E-state index contributed by atoms with van der Waals surface area (Å²) < 4.78 is 14.3. The van der Waals surface area contributed by atoms with Crippen molar-refractivity contribution in [1.82, 2.24) is 9.78 Å². The van der Waals surface area contributed by atoms with Crippen molar-refractivity contribution in [3.8, 4) is 0 Å². The lowest BCUT2D eigenvalue weighted by Crippen LogP contribution is -2.50. The predicted molar refractivity (Wildman–Crippen MR) is 84.5 cm³/mol. The third-order valence-electron chi connectivity index (χ3n) is 4.22. The maximum absolute atomic E-state index is 10.8. The first kappa shape index (κ1) is 16.9. The SMILES string of the molecule is CCOC1(C(O)Cc2c(Br)c(C)nn2CC)CCOCC1. The van der Waals surface area contributed by atoms with Gasteiger partial charge in [0, 0.05) is 45.6 Å². The smallest absolute Gasteiger partial charge is 0.0987 e. The first-order chi connectivity index (χ1) is 10.0. The van der Waals surface area contributed by atoms with Gasteiger partial charge in [-0.25, -0.2) is 0 Å². The topological polar surface area (TPSA) is 56.5 Å². The number of aryl methyl sites for hydroxylation is 2. The zero-order chi connectivity index (χ0) is 15.5. The third kappa shape index (κ3) is 3.50. The Labute approximate surface area is 134 Å². The van der Waals surface area contributed by atoms with Gasteiger partial charge in [0.05, 0.1) is 27.6 Å². The van der Waals surface area contributed by atoms with Crippen molar-refractivity contribution >= 4 is 15.9 Å². The molecule has 1 aliphatic heterocycles. The molecule has 2 heterocycles. The second-order valence-electron chi connectivity index (χ2n) is 5.49. The molecule has 1 atom stereocenters. The van der Waals surface area contributed by atoms with Crippen LogP contribution in [0.25, 0.3) is 0 Å². The van der Waals surface area contributed by atoms with E-state index >= 15 is 0 Å². The van der Waals surface area contributed by atoms with E-state index in [-0.39, 0.29) is 0 Å². The van der Waals surface area contributed by atoms with Gasteiger partial charge in [0.25, 0.3) is 0 Å². The highest BCUT2D eigenvalue weighted by atomic mass is 79.9. The number of hydrogen-bond acceptors (Lipinski definition) is 4. The number of aromatic nitrogens is 2. The second kappa shape index (κ2) is 7.22. The third-order valence-corrected chi connectivity index (χ3v) is 5.25. The van der Waals surface area contributed by atoms with Gasteiger partial charge >= 0.3 is 0 Å². The van der Waals surface area contributed by atoms with E-state index in [0.717, 1.165) is 35.2 Å². The van der Waals surface area contributed by atoms with E-state index in [1.807, 2.05) is 18.5 Å². The maximum Gasteiger partial charge on any atom is 0.0987 e. The molecule has 2 rings (SSSR count). The van der Waals surface area contributed by atoms with Crippen molar-refractivity contribution in [3.05, 3.63) is 15.9 Å². The van der Waals surface area contributed by atoms with Crippen molar-refractivity contribution in [1.29, 1.82) is 0 Å². The summed E-state index contributed by atoms with van der Waals surface area (Å²) in [5.74, 6) is 0. The average Bonchev–Trinajstić information content (AvgIpc) is 2.76. The fraction of sp³-hybridized carbons (Fsp3) is 0.800. The van der Waals surface area contributed by atoms with E-state index < -0.39 is 11.7 Å². The molecular weight excluding hydrogens is 336 g/mol. The molecule has 0 amide bonds. The molecule has 0 spiro atoms. The van der Waals surface area contributed by atoms with Gasteiger partial charge in [0.1, 0.15) is 0 Å². The maximum atomic E-state index is 10.8. The average molecular weight is 361 g/mol. The Hall–Kier alpha value is -0.430. The molecule has 1 aromatic rings. The zero-order valence-electron chi connectivity index (χ0n) is 13.1. The fourth-order valence-corrected chi connectivity index (χ4v) is 3.46. The molecule has 0 radical (unpaired) electrons. The molecule has 1 unspecified atom stereocenters. The molecule has 0 aliphatic carbocycles. The fourth-order valence-electron chi connectivity index (χ4n) is 3.01. The lowest BCUT2D eigenvalue weighted by atomic mass is 9.85. The van der Waals surface area contributed by atoms with Crippen LogP contribution in [0.1, 0.15) is 38.1 Å². The number of aliphatic hydroxyl groups is 1. The van der Waals surface area contributed by atoms with Crippen LogP contribution < -0.4 is 0 Å².